The number of rotatable bonds is 7. The molecule has 110 valence electrons. The zero-order valence-corrected chi connectivity index (χ0v) is 12.0. The topological polar surface area (TPSA) is 43.8 Å². The summed E-state index contributed by atoms with van der Waals surface area (Å²) < 4.78 is 0. The average Bonchev–Trinajstić information content (AvgIpc) is 2.88. The van der Waals surface area contributed by atoms with E-state index in [1.165, 1.54) is 51.9 Å². The quantitative estimate of drug-likeness (QED) is 0.719. The molecule has 0 spiro atoms. The molecule has 0 aliphatic carbocycles. The van der Waals surface area contributed by atoms with Gasteiger partial charge in [0.15, 0.2) is 0 Å². The molecule has 1 N–H and O–H groups in total. The molecule has 0 saturated carbocycles. The Bertz CT molecular complexity index is 277. The van der Waals surface area contributed by atoms with E-state index >= 15 is 0 Å². The summed E-state index contributed by atoms with van der Waals surface area (Å²) in [5.74, 6) is -0.661. The molecule has 0 radical (unpaired) electrons. The fraction of sp³-hybridized carbons (Fsp3) is 0.933. The number of aliphatic carboxylic acids is 1. The van der Waals surface area contributed by atoms with Gasteiger partial charge in [-0.25, -0.2) is 0 Å². The molecule has 19 heavy (non-hydrogen) atoms. The summed E-state index contributed by atoms with van der Waals surface area (Å²) in [6, 6.07) is 0.791. The van der Waals surface area contributed by atoms with Gasteiger partial charge in [-0.2, -0.15) is 0 Å². The molecule has 2 heterocycles. The second kappa shape index (κ2) is 7.85. The number of piperidine rings is 1. The fourth-order valence-corrected chi connectivity index (χ4v) is 3.39. The molecule has 1 unspecified atom stereocenters. The lowest BCUT2D eigenvalue weighted by molar-refractivity contribution is -0.137. The maximum absolute atomic E-state index is 10.4. The Hall–Kier alpha value is -0.610. The van der Waals surface area contributed by atoms with Crippen LogP contribution in [-0.4, -0.2) is 59.6 Å². The minimum absolute atomic E-state index is 0.330. The summed E-state index contributed by atoms with van der Waals surface area (Å²) in [5.41, 5.74) is 0. The third-order valence-electron chi connectivity index (χ3n) is 4.52. The summed E-state index contributed by atoms with van der Waals surface area (Å²) in [6.45, 7) is 6.23. The number of carboxylic acid groups (broad SMARTS) is 1. The molecule has 0 aromatic rings. The molecule has 4 heteroatoms. The molecule has 4 nitrogen and oxygen atoms in total. The van der Waals surface area contributed by atoms with Crippen LogP contribution in [0.3, 0.4) is 0 Å². The summed E-state index contributed by atoms with van der Waals surface area (Å²) in [7, 11) is 0. The Morgan fingerprint density at radius 3 is 2.58 bits per heavy atom. The highest BCUT2D eigenvalue weighted by Crippen LogP contribution is 2.20. The normalized spacial score (nSPS) is 25.8. The number of hydrogen-bond donors (Lipinski definition) is 1. The highest BCUT2D eigenvalue weighted by molar-refractivity contribution is 5.66. The van der Waals surface area contributed by atoms with E-state index in [4.69, 9.17) is 5.11 Å². The van der Waals surface area contributed by atoms with E-state index in [1.54, 1.807) is 0 Å². The lowest BCUT2D eigenvalue weighted by atomic mass is 10.1. The molecule has 0 aromatic heterocycles. The Balaban J connectivity index is 1.55. The van der Waals surface area contributed by atoms with Gasteiger partial charge in [-0.1, -0.05) is 12.8 Å². The number of likely N-dealkylation sites (tertiary alicyclic amines) is 2. The fourth-order valence-electron chi connectivity index (χ4n) is 3.39. The van der Waals surface area contributed by atoms with Crippen LogP contribution in [0.4, 0.5) is 0 Å². The summed E-state index contributed by atoms with van der Waals surface area (Å²) in [5, 5.41) is 8.59. The van der Waals surface area contributed by atoms with Crippen LogP contribution < -0.4 is 0 Å². The van der Waals surface area contributed by atoms with Crippen molar-refractivity contribution in [2.45, 2.75) is 57.4 Å². The van der Waals surface area contributed by atoms with Crippen molar-refractivity contribution in [3.8, 4) is 0 Å². The summed E-state index contributed by atoms with van der Waals surface area (Å²) in [6.07, 6.45) is 8.87. The monoisotopic (exact) mass is 268 g/mol. The van der Waals surface area contributed by atoms with Crippen LogP contribution in [0.15, 0.2) is 0 Å². The molecule has 1 atom stereocenters. The van der Waals surface area contributed by atoms with Gasteiger partial charge in [-0.15, -0.1) is 0 Å². The molecule has 2 fully saturated rings. The molecule has 2 rings (SSSR count). The lowest BCUT2D eigenvalue weighted by Crippen LogP contribution is -2.40. The molecule has 2 aliphatic heterocycles. The predicted molar refractivity (Wildman–Crippen MR) is 76.4 cm³/mol. The van der Waals surface area contributed by atoms with E-state index in [0.717, 1.165) is 31.8 Å². The third-order valence-corrected chi connectivity index (χ3v) is 4.52. The van der Waals surface area contributed by atoms with Gasteiger partial charge < -0.3 is 10.0 Å². The van der Waals surface area contributed by atoms with Crippen LogP contribution >= 0.6 is 0 Å². The van der Waals surface area contributed by atoms with Gasteiger partial charge in [0.25, 0.3) is 0 Å². The third kappa shape index (κ3) is 5.11. The lowest BCUT2D eigenvalue weighted by Gasteiger charge is -2.32. The van der Waals surface area contributed by atoms with E-state index in [9.17, 15) is 4.79 Å². The van der Waals surface area contributed by atoms with Crippen molar-refractivity contribution in [3.05, 3.63) is 0 Å². The van der Waals surface area contributed by atoms with Gasteiger partial charge in [0, 0.05) is 19.0 Å². The highest BCUT2D eigenvalue weighted by Gasteiger charge is 2.27. The van der Waals surface area contributed by atoms with E-state index in [1.807, 2.05) is 0 Å². The van der Waals surface area contributed by atoms with Crippen LogP contribution in [-0.2, 0) is 4.79 Å². The van der Waals surface area contributed by atoms with E-state index < -0.39 is 5.97 Å². The Labute approximate surface area is 116 Å². The first-order valence-corrected chi connectivity index (χ1v) is 7.94. The summed E-state index contributed by atoms with van der Waals surface area (Å²) >= 11 is 0. The molecule has 0 aromatic carbocycles. The number of nitrogens with zero attached hydrogens (tertiary/aromatic N) is 2. The van der Waals surface area contributed by atoms with Gasteiger partial charge in [0.05, 0.1) is 0 Å². The van der Waals surface area contributed by atoms with E-state index in [-0.39, 0.29) is 0 Å². The number of hydrogen-bond acceptors (Lipinski definition) is 3. The Morgan fingerprint density at radius 2 is 1.84 bits per heavy atom. The van der Waals surface area contributed by atoms with Crippen molar-refractivity contribution in [1.29, 1.82) is 0 Å². The minimum atomic E-state index is -0.661. The Kier molecular flexibility index (Phi) is 6.11. The van der Waals surface area contributed by atoms with Gasteiger partial charge in [0.1, 0.15) is 0 Å². The Morgan fingerprint density at radius 1 is 1.05 bits per heavy atom. The van der Waals surface area contributed by atoms with Crippen LogP contribution in [0.2, 0.25) is 0 Å². The molecular weight excluding hydrogens is 240 g/mol. The first-order valence-electron chi connectivity index (χ1n) is 7.94. The van der Waals surface area contributed by atoms with Gasteiger partial charge in [-0.05, 0) is 58.3 Å². The molecule has 2 aliphatic rings. The van der Waals surface area contributed by atoms with Crippen LogP contribution in [0.5, 0.6) is 0 Å². The van der Waals surface area contributed by atoms with Crippen LogP contribution in [0, 0.1) is 0 Å². The van der Waals surface area contributed by atoms with Crippen molar-refractivity contribution < 1.29 is 9.90 Å². The smallest absolute Gasteiger partial charge is 0.303 e. The summed E-state index contributed by atoms with van der Waals surface area (Å²) in [4.78, 5) is 15.7. The number of carboxylic acids is 1. The van der Waals surface area contributed by atoms with Crippen molar-refractivity contribution in [2.75, 3.05) is 32.7 Å². The SMILES string of the molecule is O=C(O)CCCCCN1CCC(N2CCCCC2)C1. The zero-order valence-electron chi connectivity index (χ0n) is 12.0. The number of carbonyl (C=O) groups is 1. The zero-order chi connectivity index (χ0) is 13.5. The van der Waals surface area contributed by atoms with Crippen molar-refractivity contribution in [1.82, 2.24) is 9.80 Å². The van der Waals surface area contributed by atoms with E-state index in [0.29, 0.717) is 6.42 Å². The first-order chi connectivity index (χ1) is 9.25. The highest BCUT2D eigenvalue weighted by atomic mass is 16.4. The molecule has 2 saturated heterocycles. The molecule has 0 amide bonds. The second-order valence-electron chi connectivity index (χ2n) is 6.04. The van der Waals surface area contributed by atoms with Crippen LogP contribution in [0.1, 0.15) is 51.4 Å². The predicted octanol–water partition coefficient (Wildman–Crippen LogP) is 2.19. The van der Waals surface area contributed by atoms with Crippen molar-refractivity contribution in [2.24, 2.45) is 0 Å². The largest absolute Gasteiger partial charge is 0.481 e. The van der Waals surface area contributed by atoms with E-state index in [2.05, 4.69) is 9.80 Å². The molecular formula is C15H28N2O2. The standard InChI is InChI=1S/C15H28N2O2/c18-15(19)7-3-1-4-9-16-12-8-14(13-16)17-10-5-2-6-11-17/h14H,1-13H2,(H,18,19). The average molecular weight is 268 g/mol. The van der Waals surface area contributed by atoms with Crippen LogP contribution in [0.25, 0.3) is 0 Å². The first kappa shape index (κ1) is 14.8. The minimum Gasteiger partial charge on any atom is -0.481 e. The van der Waals surface area contributed by atoms with Crippen molar-refractivity contribution in [3.63, 3.8) is 0 Å². The van der Waals surface area contributed by atoms with Crippen molar-refractivity contribution >= 4 is 5.97 Å². The van der Waals surface area contributed by atoms with Gasteiger partial charge in [-0.3, -0.25) is 9.69 Å². The van der Waals surface area contributed by atoms with Gasteiger partial charge in [0.2, 0.25) is 0 Å². The van der Waals surface area contributed by atoms with Gasteiger partial charge >= 0.3 is 5.97 Å². The maximum Gasteiger partial charge on any atom is 0.303 e. The second-order valence-corrected chi connectivity index (χ2v) is 6.04. The molecule has 0 bridgehead atoms. The maximum atomic E-state index is 10.4. The number of unbranched alkanes of at least 4 members (excludes halogenated alkanes) is 2.